The summed E-state index contributed by atoms with van der Waals surface area (Å²) in [5.41, 5.74) is 7.93. The molecule has 5 heteroatoms. The lowest BCUT2D eigenvalue weighted by Crippen LogP contribution is -2.39. The molecular formula is C15H25IN4. The van der Waals surface area contributed by atoms with Gasteiger partial charge in [0.05, 0.1) is 12.2 Å². The predicted octanol–water partition coefficient (Wildman–Crippen LogP) is 3.14. The van der Waals surface area contributed by atoms with E-state index in [4.69, 9.17) is 5.73 Å². The van der Waals surface area contributed by atoms with Gasteiger partial charge in [0.25, 0.3) is 0 Å². The first-order chi connectivity index (χ1) is 9.24. The van der Waals surface area contributed by atoms with Crippen molar-refractivity contribution in [3.8, 4) is 0 Å². The first kappa shape index (κ1) is 17.2. The van der Waals surface area contributed by atoms with Gasteiger partial charge in [-0.05, 0) is 31.9 Å². The molecule has 1 heterocycles. The number of aryl methyl sites for hydroxylation is 1. The lowest BCUT2D eigenvalue weighted by atomic mass is 10.1. The van der Waals surface area contributed by atoms with Gasteiger partial charge in [0.15, 0.2) is 5.96 Å². The lowest BCUT2D eigenvalue weighted by molar-refractivity contribution is 0.530. The molecule has 1 aromatic rings. The van der Waals surface area contributed by atoms with E-state index in [1.54, 1.807) is 0 Å². The highest BCUT2D eigenvalue weighted by molar-refractivity contribution is 14.0. The zero-order chi connectivity index (χ0) is 13.5. The second kappa shape index (κ2) is 9.15. The predicted molar refractivity (Wildman–Crippen MR) is 94.3 cm³/mol. The van der Waals surface area contributed by atoms with E-state index < -0.39 is 0 Å². The zero-order valence-corrected chi connectivity index (χ0v) is 14.5. The van der Waals surface area contributed by atoms with E-state index >= 15 is 0 Å². The first-order valence-corrected chi connectivity index (χ1v) is 7.23. The van der Waals surface area contributed by atoms with E-state index in [2.05, 4.69) is 15.3 Å². The van der Waals surface area contributed by atoms with Crippen LogP contribution < -0.4 is 11.1 Å². The number of rotatable bonds is 3. The molecule has 112 valence electrons. The van der Waals surface area contributed by atoms with Gasteiger partial charge in [-0.1, -0.05) is 31.7 Å². The summed E-state index contributed by atoms with van der Waals surface area (Å²) >= 11 is 0. The molecule has 0 radical (unpaired) electrons. The van der Waals surface area contributed by atoms with Gasteiger partial charge in [0.1, 0.15) is 0 Å². The highest BCUT2D eigenvalue weighted by atomic mass is 127. The molecule has 4 nitrogen and oxygen atoms in total. The highest BCUT2D eigenvalue weighted by Crippen LogP contribution is 2.16. The Balaban J connectivity index is 0.00000200. The molecule has 0 aliphatic heterocycles. The van der Waals surface area contributed by atoms with Gasteiger partial charge < -0.3 is 11.1 Å². The highest BCUT2D eigenvalue weighted by Gasteiger charge is 2.12. The molecule has 0 bridgehead atoms. The van der Waals surface area contributed by atoms with Crippen molar-refractivity contribution in [2.45, 2.75) is 58.0 Å². The molecule has 2 rings (SSSR count). The van der Waals surface area contributed by atoms with Crippen LogP contribution in [0.1, 0.15) is 49.9 Å². The molecule has 1 fully saturated rings. The number of hydrogen-bond acceptors (Lipinski definition) is 2. The molecule has 1 saturated carbocycles. The third-order valence-electron chi connectivity index (χ3n) is 3.56. The Morgan fingerprint density at radius 1 is 1.30 bits per heavy atom. The fraction of sp³-hybridized carbons (Fsp3) is 0.600. The number of hydrogen-bond donors (Lipinski definition) is 2. The fourth-order valence-electron chi connectivity index (χ4n) is 2.53. The normalized spacial score (nSPS) is 17.1. The molecule has 0 unspecified atom stereocenters. The van der Waals surface area contributed by atoms with Crippen molar-refractivity contribution in [1.29, 1.82) is 0 Å². The summed E-state index contributed by atoms with van der Waals surface area (Å²) in [4.78, 5) is 8.80. The Labute approximate surface area is 138 Å². The quantitative estimate of drug-likeness (QED) is 0.362. The lowest BCUT2D eigenvalue weighted by Gasteiger charge is -2.16. The van der Waals surface area contributed by atoms with Crippen molar-refractivity contribution in [3.05, 3.63) is 29.6 Å². The van der Waals surface area contributed by atoms with Crippen LogP contribution in [0.5, 0.6) is 0 Å². The molecule has 0 atom stereocenters. The second-order valence-corrected chi connectivity index (χ2v) is 5.30. The fourth-order valence-corrected chi connectivity index (χ4v) is 2.53. The van der Waals surface area contributed by atoms with Gasteiger partial charge in [-0.3, -0.25) is 4.98 Å². The van der Waals surface area contributed by atoms with Crippen LogP contribution in [0.3, 0.4) is 0 Å². The summed E-state index contributed by atoms with van der Waals surface area (Å²) in [6.07, 6.45) is 7.71. The third kappa shape index (κ3) is 6.07. The first-order valence-electron chi connectivity index (χ1n) is 7.23. The van der Waals surface area contributed by atoms with Crippen molar-refractivity contribution >= 4 is 29.9 Å². The molecule has 3 N–H and O–H groups in total. The summed E-state index contributed by atoms with van der Waals surface area (Å²) < 4.78 is 0. The maximum absolute atomic E-state index is 5.95. The molecule has 0 aromatic carbocycles. The molecule has 20 heavy (non-hydrogen) atoms. The van der Waals surface area contributed by atoms with E-state index in [0.29, 0.717) is 18.5 Å². The van der Waals surface area contributed by atoms with Crippen molar-refractivity contribution in [2.24, 2.45) is 10.7 Å². The number of nitrogens with zero attached hydrogens (tertiary/aromatic N) is 2. The third-order valence-corrected chi connectivity index (χ3v) is 3.56. The summed E-state index contributed by atoms with van der Waals surface area (Å²) in [5.74, 6) is 0.551. The number of guanidine groups is 1. The Morgan fingerprint density at radius 2 is 2.00 bits per heavy atom. The van der Waals surface area contributed by atoms with E-state index in [1.807, 2.05) is 25.1 Å². The average molecular weight is 388 g/mol. The van der Waals surface area contributed by atoms with Crippen LogP contribution in [0.4, 0.5) is 0 Å². The second-order valence-electron chi connectivity index (χ2n) is 5.30. The Morgan fingerprint density at radius 3 is 2.65 bits per heavy atom. The van der Waals surface area contributed by atoms with Crippen molar-refractivity contribution < 1.29 is 0 Å². The molecule has 1 aliphatic rings. The van der Waals surface area contributed by atoms with E-state index in [1.165, 1.54) is 38.5 Å². The van der Waals surface area contributed by atoms with Crippen LogP contribution in [0.25, 0.3) is 0 Å². The zero-order valence-electron chi connectivity index (χ0n) is 12.1. The number of halogens is 1. The largest absolute Gasteiger partial charge is 0.370 e. The van der Waals surface area contributed by atoms with Gasteiger partial charge in [-0.15, -0.1) is 24.0 Å². The summed E-state index contributed by atoms with van der Waals surface area (Å²) in [5, 5.41) is 3.34. The van der Waals surface area contributed by atoms with Crippen LogP contribution in [0.15, 0.2) is 23.2 Å². The number of nitrogens with one attached hydrogen (secondary N) is 1. The Bertz CT molecular complexity index is 426. The van der Waals surface area contributed by atoms with Crippen molar-refractivity contribution in [2.75, 3.05) is 0 Å². The van der Waals surface area contributed by atoms with Crippen LogP contribution in [-0.4, -0.2) is 17.0 Å². The summed E-state index contributed by atoms with van der Waals surface area (Å²) in [7, 11) is 0. The molecule has 0 saturated heterocycles. The molecule has 1 aliphatic carbocycles. The van der Waals surface area contributed by atoms with Gasteiger partial charge >= 0.3 is 0 Å². The average Bonchev–Trinajstić information content (AvgIpc) is 2.65. The standard InChI is InChI=1S/C15H24N4.HI/c1-12-7-6-10-14(18-12)11-17-15(16)19-13-8-4-2-3-5-9-13;/h6-7,10,13H,2-5,8-9,11H2,1H3,(H3,16,17,19);1H. The van der Waals surface area contributed by atoms with Crippen molar-refractivity contribution in [3.63, 3.8) is 0 Å². The SMILES string of the molecule is Cc1cccc(CN=C(N)NC2CCCCCC2)n1.I. The maximum atomic E-state index is 5.95. The Hall–Kier alpha value is -0.850. The van der Waals surface area contributed by atoms with Gasteiger partial charge in [-0.25, -0.2) is 4.99 Å². The smallest absolute Gasteiger partial charge is 0.189 e. The van der Waals surface area contributed by atoms with Crippen LogP contribution in [0, 0.1) is 6.92 Å². The minimum Gasteiger partial charge on any atom is -0.370 e. The van der Waals surface area contributed by atoms with Crippen LogP contribution in [0.2, 0.25) is 0 Å². The monoisotopic (exact) mass is 388 g/mol. The van der Waals surface area contributed by atoms with E-state index in [0.717, 1.165) is 11.4 Å². The number of pyridine rings is 1. The van der Waals surface area contributed by atoms with Gasteiger partial charge in [0.2, 0.25) is 0 Å². The number of aliphatic imine (C=N–C) groups is 1. The molecular weight excluding hydrogens is 363 g/mol. The number of aromatic nitrogens is 1. The van der Waals surface area contributed by atoms with Crippen LogP contribution >= 0.6 is 24.0 Å². The number of nitrogens with two attached hydrogens (primary N) is 1. The molecule has 0 spiro atoms. The van der Waals surface area contributed by atoms with Crippen molar-refractivity contribution in [1.82, 2.24) is 10.3 Å². The minimum atomic E-state index is 0. The van der Waals surface area contributed by atoms with Crippen LogP contribution in [-0.2, 0) is 6.54 Å². The van der Waals surface area contributed by atoms with Gasteiger partial charge in [0, 0.05) is 11.7 Å². The van der Waals surface area contributed by atoms with Gasteiger partial charge in [-0.2, -0.15) is 0 Å². The van der Waals surface area contributed by atoms with E-state index in [-0.39, 0.29) is 24.0 Å². The summed E-state index contributed by atoms with van der Waals surface area (Å²) in [6, 6.07) is 6.47. The molecule has 0 amide bonds. The maximum Gasteiger partial charge on any atom is 0.189 e. The summed E-state index contributed by atoms with van der Waals surface area (Å²) in [6.45, 7) is 2.54. The topological polar surface area (TPSA) is 63.3 Å². The Kier molecular flexibility index (Phi) is 7.87. The minimum absolute atomic E-state index is 0. The van der Waals surface area contributed by atoms with E-state index in [9.17, 15) is 0 Å². The molecule has 1 aromatic heterocycles.